The highest BCUT2D eigenvalue weighted by Gasteiger charge is 2.23. The number of hydrogen-bond donors (Lipinski definition) is 1. The summed E-state index contributed by atoms with van der Waals surface area (Å²) in [5, 5.41) is 1.93. The summed E-state index contributed by atoms with van der Waals surface area (Å²) in [7, 11) is -3.57. The van der Waals surface area contributed by atoms with Gasteiger partial charge < -0.3 is 4.42 Å². The molecule has 0 fully saturated rings. The van der Waals surface area contributed by atoms with Crippen molar-refractivity contribution in [1.82, 2.24) is 4.72 Å². The van der Waals surface area contributed by atoms with Crippen LogP contribution in [0.4, 0.5) is 0 Å². The second-order valence-electron chi connectivity index (χ2n) is 4.79. The molecule has 22 heavy (non-hydrogen) atoms. The van der Waals surface area contributed by atoms with Crippen molar-refractivity contribution in [2.75, 3.05) is 0 Å². The molecule has 0 bridgehead atoms. The molecule has 2 aromatic heterocycles. The van der Waals surface area contributed by atoms with E-state index < -0.39 is 10.0 Å². The predicted octanol–water partition coefficient (Wildman–Crippen LogP) is 3.60. The highest BCUT2D eigenvalue weighted by Crippen LogP contribution is 2.25. The van der Waals surface area contributed by atoms with Crippen LogP contribution in [-0.2, 0) is 16.4 Å². The number of rotatable bonds is 6. The van der Waals surface area contributed by atoms with Crippen LogP contribution in [0.2, 0.25) is 0 Å². The largest absolute Gasteiger partial charge is 0.469 e. The van der Waals surface area contributed by atoms with E-state index in [4.69, 9.17) is 4.42 Å². The lowest BCUT2D eigenvalue weighted by Gasteiger charge is -2.16. The van der Waals surface area contributed by atoms with Gasteiger partial charge in [-0.15, -0.1) is 11.3 Å². The van der Waals surface area contributed by atoms with Crippen molar-refractivity contribution in [1.29, 1.82) is 0 Å². The van der Waals surface area contributed by atoms with Crippen LogP contribution >= 0.6 is 11.3 Å². The molecule has 4 nitrogen and oxygen atoms in total. The summed E-state index contributed by atoms with van der Waals surface area (Å²) in [6, 6.07) is 15.5. The van der Waals surface area contributed by atoms with Crippen molar-refractivity contribution >= 4 is 21.4 Å². The molecular weight excluding hydrogens is 318 g/mol. The summed E-state index contributed by atoms with van der Waals surface area (Å²) in [4.78, 5) is 1.21. The molecule has 0 radical (unpaired) electrons. The minimum atomic E-state index is -3.57. The van der Waals surface area contributed by atoms with Gasteiger partial charge in [-0.2, -0.15) is 0 Å². The Kier molecular flexibility index (Phi) is 4.42. The maximum atomic E-state index is 12.5. The fourth-order valence-corrected chi connectivity index (χ4v) is 4.26. The number of furan rings is 1. The van der Waals surface area contributed by atoms with Gasteiger partial charge in [0.25, 0.3) is 0 Å². The van der Waals surface area contributed by atoms with Gasteiger partial charge in [-0.1, -0.05) is 24.3 Å². The fraction of sp³-hybridized carbons (Fsp3) is 0.125. The number of hydrogen-bond acceptors (Lipinski definition) is 4. The van der Waals surface area contributed by atoms with Crippen molar-refractivity contribution in [2.45, 2.75) is 17.4 Å². The van der Waals surface area contributed by atoms with E-state index >= 15 is 0 Å². The van der Waals surface area contributed by atoms with E-state index in [0.29, 0.717) is 6.42 Å². The third-order valence-electron chi connectivity index (χ3n) is 3.22. The third-order valence-corrected chi connectivity index (χ3v) is 5.70. The molecule has 0 aliphatic rings. The van der Waals surface area contributed by atoms with Crippen LogP contribution in [0.1, 0.15) is 16.7 Å². The molecular formula is C16H15NO3S2. The second kappa shape index (κ2) is 6.48. The number of nitrogens with one attached hydrogen (secondary N) is 1. The average molecular weight is 333 g/mol. The minimum absolute atomic E-state index is 0.260. The smallest absolute Gasteiger partial charge is 0.241 e. The molecule has 0 saturated heterocycles. The molecule has 6 heteroatoms. The van der Waals surface area contributed by atoms with Gasteiger partial charge in [0, 0.05) is 11.3 Å². The molecule has 114 valence electrons. The van der Waals surface area contributed by atoms with Crippen LogP contribution in [0, 0.1) is 0 Å². The molecule has 1 unspecified atom stereocenters. The molecule has 1 atom stereocenters. The predicted molar refractivity (Wildman–Crippen MR) is 86.2 cm³/mol. The summed E-state index contributed by atoms with van der Waals surface area (Å²) < 4.78 is 33.2. The van der Waals surface area contributed by atoms with Crippen molar-refractivity contribution in [3.05, 3.63) is 76.9 Å². The maximum Gasteiger partial charge on any atom is 0.241 e. The molecule has 3 aromatic rings. The van der Waals surface area contributed by atoms with Gasteiger partial charge >= 0.3 is 0 Å². The van der Waals surface area contributed by atoms with E-state index in [1.54, 1.807) is 42.7 Å². The lowest BCUT2D eigenvalue weighted by Crippen LogP contribution is -2.29. The summed E-state index contributed by atoms with van der Waals surface area (Å²) >= 11 is 1.52. The topological polar surface area (TPSA) is 59.3 Å². The van der Waals surface area contributed by atoms with Crippen LogP contribution in [0.3, 0.4) is 0 Å². The fourth-order valence-electron chi connectivity index (χ4n) is 2.17. The van der Waals surface area contributed by atoms with Crippen molar-refractivity contribution in [2.24, 2.45) is 0 Å². The lowest BCUT2D eigenvalue weighted by atomic mass is 10.1. The Balaban J connectivity index is 1.87. The van der Waals surface area contributed by atoms with Crippen LogP contribution in [0.15, 0.2) is 75.6 Å². The Morgan fingerprint density at radius 2 is 1.86 bits per heavy atom. The van der Waals surface area contributed by atoms with E-state index in [1.165, 1.54) is 11.3 Å². The van der Waals surface area contributed by atoms with Gasteiger partial charge in [-0.25, -0.2) is 13.1 Å². The highest BCUT2D eigenvalue weighted by atomic mass is 32.2. The van der Waals surface area contributed by atoms with E-state index in [0.717, 1.165) is 10.6 Å². The van der Waals surface area contributed by atoms with E-state index in [9.17, 15) is 8.42 Å². The Bertz CT molecular complexity index is 794. The SMILES string of the molecule is O=S(=O)(NC(Cc1ccco1)c1cccs1)c1ccccc1. The first-order valence-corrected chi connectivity index (χ1v) is 9.14. The van der Waals surface area contributed by atoms with Crippen LogP contribution in [0.5, 0.6) is 0 Å². The lowest BCUT2D eigenvalue weighted by molar-refractivity contribution is 0.476. The summed E-state index contributed by atoms with van der Waals surface area (Å²) in [6.45, 7) is 0. The zero-order valence-corrected chi connectivity index (χ0v) is 13.3. The van der Waals surface area contributed by atoms with Crippen LogP contribution in [-0.4, -0.2) is 8.42 Å². The molecule has 0 aliphatic heterocycles. The average Bonchev–Trinajstić information content (AvgIpc) is 3.21. The summed E-state index contributed by atoms with van der Waals surface area (Å²) in [5.41, 5.74) is 0. The Morgan fingerprint density at radius 3 is 2.50 bits per heavy atom. The molecule has 0 spiro atoms. The van der Waals surface area contributed by atoms with Crippen molar-refractivity contribution < 1.29 is 12.8 Å². The van der Waals surface area contributed by atoms with Gasteiger partial charge in [-0.05, 0) is 35.7 Å². The Morgan fingerprint density at radius 1 is 1.05 bits per heavy atom. The normalized spacial score (nSPS) is 13.1. The minimum Gasteiger partial charge on any atom is -0.469 e. The van der Waals surface area contributed by atoms with Gasteiger partial charge in [0.1, 0.15) is 5.76 Å². The molecule has 0 saturated carbocycles. The van der Waals surface area contributed by atoms with Crippen LogP contribution in [0.25, 0.3) is 0 Å². The zero-order chi connectivity index (χ0) is 15.4. The first-order valence-electron chi connectivity index (χ1n) is 6.78. The molecule has 0 amide bonds. The summed E-state index contributed by atoms with van der Waals surface area (Å²) in [6.07, 6.45) is 2.06. The Labute approximate surface area is 133 Å². The van der Waals surface area contributed by atoms with E-state index in [1.807, 2.05) is 23.6 Å². The van der Waals surface area contributed by atoms with Crippen molar-refractivity contribution in [3.8, 4) is 0 Å². The van der Waals surface area contributed by atoms with E-state index in [-0.39, 0.29) is 10.9 Å². The van der Waals surface area contributed by atoms with Crippen LogP contribution < -0.4 is 4.72 Å². The molecule has 3 rings (SSSR count). The number of benzene rings is 1. The summed E-state index contributed by atoms with van der Waals surface area (Å²) in [5.74, 6) is 0.745. The van der Waals surface area contributed by atoms with E-state index in [2.05, 4.69) is 4.72 Å². The van der Waals surface area contributed by atoms with Crippen molar-refractivity contribution in [3.63, 3.8) is 0 Å². The molecule has 2 heterocycles. The number of sulfonamides is 1. The molecule has 0 aliphatic carbocycles. The third kappa shape index (κ3) is 3.47. The molecule has 1 aromatic carbocycles. The standard InChI is InChI=1S/C16H15NO3S2/c18-22(19,14-7-2-1-3-8-14)17-15(16-9-5-11-21-16)12-13-6-4-10-20-13/h1-11,15,17H,12H2. The monoisotopic (exact) mass is 333 g/mol. The Hall–Kier alpha value is -1.89. The maximum absolute atomic E-state index is 12.5. The van der Waals surface area contributed by atoms with Gasteiger partial charge in [0.2, 0.25) is 10.0 Å². The molecule has 1 N–H and O–H groups in total. The second-order valence-corrected chi connectivity index (χ2v) is 7.48. The first kappa shape index (κ1) is 15.0. The quantitative estimate of drug-likeness (QED) is 0.750. The zero-order valence-electron chi connectivity index (χ0n) is 11.7. The van der Waals surface area contributed by atoms with Gasteiger partial charge in [0.15, 0.2) is 0 Å². The van der Waals surface area contributed by atoms with Gasteiger partial charge in [0.05, 0.1) is 17.2 Å². The number of thiophene rings is 1. The highest BCUT2D eigenvalue weighted by molar-refractivity contribution is 7.89. The first-order chi connectivity index (χ1) is 10.6. The van der Waals surface area contributed by atoms with Gasteiger partial charge in [-0.3, -0.25) is 0 Å².